The number of nitrogens with zero attached hydrogens (tertiary/aromatic N) is 1. The summed E-state index contributed by atoms with van der Waals surface area (Å²) in [6.07, 6.45) is 3.20. The van der Waals surface area contributed by atoms with Gasteiger partial charge in [-0.25, -0.2) is 35.1 Å². The van der Waals surface area contributed by atoms with Crippen LogP contribution in [0.15, 0.2) is 238 Å². The zero-order valence-corrected chi connectivity index (χ0v) is 42.9. The molecule has 0 amide bonds. The predicted octanol–water partition coefficient (Wildman–Crippen LogP) is 19.6. The van der Waals surface area contributed by atoms with Crippen molar-refractivity contribution in [1.82, 2.24) is 0 Å². The van der Waals surface area contributed by atoms with Crippen molar-refractivity contribution in [2.45, 2.75) is 10.8 Å². The molecule has 13 rings (SSSR count). The summed E-state index contributed by atoms with van der Waals surface area (Å²) in [5.74, 6) is -12.7. The van der Waals surface area contributed by atoms with Crippen LogP contribution in [0.2, 0.25) is 0 Å². The fraction of sp³-hybridized carbons (Fsp3) is 0.0278. The molecule has 0 heterocycles. The van der Waals surface area contributed by atoms with Gasteiger partial charge in [-0.1, -0.05) is 195 Å². The van der Waals surface area contributed by atoms with Crippen molar-refractivity contribution in [3.05, 3.63) is 340 Å². The molecule has 0 saturated carbocycles. The van der Waals surface area contributed by atoms with Crippen LogP contribution >= 0.6 is 0 Å². The molecule has 11 aromatic rings. The molecule has 0 bridgehead atoms. The zero-order chi connectivity index (χ0) is 55.9. The van der Waals surface area contributed by atoms with Crippen LogP contribution in [0.25, 0.3) is 56.7 Å². The smallest absolute Gasteiger partial charge is 0.166 e. The predicted molar refractivity (Wildman–Crippen MR) is 306 cm³/mol. The van der Waals surface area contributed by atoms with Gasteiger partial charge in [-0.3, -0.25) is 0 Å². The first kappa shape index (κ1) is 50.6. The quantitative estimate of drug-likeness (QED) is 0.0922. The number of hydrogen-bond donors (Lipinski definition) is 0. The van der Waals surface area contributed by atoms with Crippen LogP contribution in [0.3, 0.4) is 0 Å². The molecule has 1 nitrogen and oxygen atoms in total. The molecule has 0 spiro atoms. The van der Waals surface area contributed by atoms with Crippen molar-refractivity contribution < 1.29 is 35.1 Å². The van der Waals surface area contributed by atoms with Gasteiger partial charge in [0.25, 0.3) is 0 Å². The maximum Gasteiger partial charge on any atom is 0.166 e. The van der Waals surface area contributed by atoms with E-state index >= 15 is 35.1 Å². The highest BCUT2D eigenvalue weighted by atomic mass is 19.2. The van der Waals surface area contributed by atoms with Crippen LogP contribution < -0.4 is 4.90 Å². The van der Waals surface area contributed by atoms with Crippen molar-refractivity contribution >= 4 is 29.2 Å². The molecule has 2 aliphatic rings. The largest absolute Gasteiger partial charge is 0.310 e. The lowest BCUT2D eigenvalue weighted by atomic mass is 9.67. The number of rotatable bonds is 11. The number of hydrogen-bond acceptors (Lipinski definition) is 1. The van der Waals surface area contributed by atoms with Crippen LogP contribution in [0.5, 0.6) is 0 Å². The van der Waals surface area contributed by atoms with Gasteiger partial charge in [0.15, 0.2) is 46.5 Å². The first-order valence-electron chi connectivity index (χ1n) is 26.1. The van der Waals surface area contributed by atoms with E-state index in [2.05, 4.69) is 19.2 Å². The third kappa shape index (κ3) is 7.66. The van der Waals surface area contributed by atoms with Gasteiger partial charge in [-0.2, -0.15) is 0 Å². The van der Waals surface area contributed by atoms with E-state index in [0.717, 1.165) is 22.3 Å². The number of anilines is 3. The fourth-order valence-corrected chi connectivity index (χ4v) is 12.6. The molecular weight excluding hydrogens is 1030 g/mol. The van der Waals surface area contributed by atoms with Crippen molar-refractivity contribution in [3.8, 4) is 44.5 Å². The van der Waals surface area contributed by atoms with Crippen molar-refractivity contribution in [2.24, 2.45) is 0 Å². The number of halogens is 8. The standard InChI is InChI=1S/C72H43F8N/c1-3-42-21-27-48(28-22-42)71(65-67(77)61(73)40-62(74)68(65)78)57-19-10-8-17-53(57)55-35-33-51(38-59(55)71)81(50-31-25-45(26-32-50)47-16-12-15-46(37-47)44-13-6-5-7-14-44)52-34-36-56-54-18-9-11-20-58(54)72(60(56)39-52,49-29-23-43(4-2)24-30-49)66-69(79)63(75)41-64(76)70(66)80/h3-41H,1-2H2. The minimum atomic E-state index is -2.03. The molecule has 0 radical (unpaired) electrons. The van der Waals surface area contributed by atoms with Gasteiger partial charge in [0.05, 0.1) is 10.8 Å². The van der Waals surface area contributed by atoms with E-state index in [1.165, 1.54) is 0 Å². The zero-order valence-electron chi connectivity index (χ0n) is 42.9. The normalized spacial score (nSPS) is 15.6. The Labute approximate surface area is 462 Å². The Bertz CT molecular complexity index is 4090. The van der Waals surface area contributed by atoms with E-state index in [0.29, 0.717) is 72.7 Å². The molecule has 0 aromatic heterocycles. The lowest BCUT2D eigenvalue weighted by Gasteiger charge is -2.36. The Morgan fingerprint density at radius 2 is 0.654 bits per heavy atom. The summed E-state index contributed by atoms with van der Waals surface area (Å²) in [5, 5.41) is 0. The minimum Gasteiger partial charge on any atom is -0.310 e. The molecule has 9 heteroatoms. The maximum atomic E-state index is 17.1. The lowest BCUT2D eigenvalue weighted by Crippen LogP contribution is -2.32. The lowest BCUT2D eigenvalue weighted by molar-refractivity contribution is 0.426. The summed E-state index contributed by atoms with van der Waals surface area (Å²) in [6, 6.07) is 64.1. The Morgan fingerprint density at radius 3 is 1.07 bits per heavy atom. The summed E-state index contributed by atoms with van der Waals surface area (Å²) in [5.41, 5.74) is 4.67. The molecule has 2 atom stereocenters. The molecule has 392 valence electrons. The number of benzene rings is 11. The Hall–Kier alpha value is -9.86. The third-order valence-electron chi connectivity index (χ3n) is 16.1. The minimum absolute atomic E-state index is 0.195. The highest BCUT2D eigenvalue weighted by molar-refractivity contribution is 5.93. The second-order valence-corrected chi connectivity index (χ2v) is 20.2. The molecule has 0 N–H and O–H groups in total. The van der Waals surface area contributed by atoms with E-state index in [1.807, 2.05) is 89.8 Å². The summed E-state index contributed by atoms with van der Waals surface area (Å²) in [7, 11) is 0. The highest BCUT2D eigenvalue weighted by Gasteiger charge is 2.53. The average molecular weight is 1070 g/mol. The van der Waals surface area contributed by atoms with Gasteiger partial charge in [0.2, 0.25) is 0 Å². The van der Waals surface area contributed by atoms with E-state index < -0.39 is 68.5 Å². The monoisotopic (exact) mass is 1070 g/mol. The van der Waals surface area contributed by atoms with E-state index in [-0.39, 0.29) is 23.3 Å². The van der Waals surface area contributed by atoms with Crippen molar-refractivity contribution in [2.75, 3.05) is 4.90 Å². The molecule has 2 aliphatic carbocycles. The van der Waals surface area contributed by atoms with Gasteiger partial charge >= 0.3 is 0 Å². The molecule has 11 aromatic carbocycles. The fourth-order valence-electron chi connectivity index (χ4n) is 12.6. The average Bonchev–Trinajstić information content (AvgIpc) is 3.84. The van der Waals surface area contributed by atoms with E-state index in [1.54, 1.807) is 133 Å². The topological polar surface area (TPSA) is 3.24 Å². The molecule has 0 saturated heterocycles. The van der Waals surface area contributed by atoms with Crippen molar-refractivity contribution in [1.29, 1.82) is 0 Å². The van der Waals surface area contributed by atoms with E-state index in [4.69, 9.17) is 0 Å². The Kier molecular flexibility index (Phi) is 12.2. The summed E-state index contributed by atoms with van der Waals surface area (Å²) < 4.78 is 132. The van der Waals surface area contributed by atoms with Crippen LogP contribution in [0.4, 0.5) is 52.2 Å². The van der Waals surface area contributed by atoms with Gasteiger partial charge < -0.3 is 4.90 Å². The highest BCUT2D eigenvalue weighted by Crippen LogP contribution is 2.61. The SMILES string of the molecule is C=Cc1ccc(C2(c3c(F)c(F)cc(F)c3F)c3ccccc3-c3ccc(N(c4ccc(-c5cccc(-c6ccccc6)c5)cc4)c4ccc5c(c4)C(c4ccc(C=C)cc4)(c4c(F)c(F)cc(F)c4F)c4ccccc4-5)cc32)cc1. The van der Waals surface area contributed by atoms with Gasteiger partial charge in [0, 0.05) is 40.3 Å². The van der Waals surface area contributed by atoms with Gasteiger partial charge in [-0.15, -0.1) is 0 Å². The molecule has 81 heavy (non-hydrogen) atoms. The summed E-state index contributed by atoms with van der Waals surface area (Å²) in [6.45, 7) is 7.77. The van der Waals surface area contributed by atoms with E-state index in [9.17, 15) is 0 Å². The second kappa shape index (κ2) is 19.5. The molecule has 0 aliphatic heterocycles. The van der Waals surface area contributed by atoms with Crippen LogP contribution in [0.1, 0.15) is 55.6 Å². The first-order chi connectivity index (χ1) is 39.4. The van der Waals surface area contributed by atoms with Gasteiger partial charge in [0.1, 0.15) is 0 Å². The van der Waals surface area contributed by atoms with Crippen LogP contribution in [-0.2, 0) is 10.8 Å². The second-order valence-electron chi connectivity index (χ2n) is 20.2. The maximum absolute atomic E-state index is 17.1. The Morgan fingerprint density at radius 1 is 0.296 bits per heavy atom. The van der Waals surface area contributed by atoms with Crippen molar-refractivity contribution in [3.63, 3.8) is 0 Å². The number of fused-ring (bicyclic) bond motifs is 6. The Balaban J connectivity index is 1.10. The summed E-state index contributed by atoms with van der Waals surface area (Å²) in [4.78, 5) is 1.85. The van der Waals surface area contributed by atoms with Gasteiger partial charge in [-0.05, 0) is 131 Å². The molecule has 2 unspecified atom stereocenters. The molecule has 0 fully saturated rings. The van der Waals surface area contributed by atoms with Crippen LogP contribution in [0, 0.1) is 46.5 Å². The summed E-state index contributed by atoms with van der Waals surface area (Å²) >= 11 is 0. The third-order valence-corrected chi connectivity index (χ3v) is 16.1. The van der Waals surface area contributed by atoms with Crippen LogP contribution in [-0.4, -0.2) is 0 Å². The molecular formula is C72H43F8N. The first-order valence-corrected chi connectivity index (χ1v) is 26.1.